The van der Waals surface area contributed by atoms with Crippen molar-refractivity contribution in [2.24, 2.45) is 7.05 Å². The second-order valence-corrected chi connectivity index (χ2v) is 4.37. The van der Waals surface area contributed by atoms with E-state index in [4.69, 9.17) is 5.73 Å². The fraction of sp³-hybridized carbons (Fsp3) is 0.462. The molecule has 96 valence electrons. The van der Waals surface area contributed by atoms with Crippen molar-refractivity contribution in [2.45, 2.75) is 33.1 Å². The number of anilines is 1. The third-order valence-corrected chi connectivity index (χ3v) is 2.79. The molecule has 0 saturated carbocycles. The molecule has 0 aliphatic rings. The number of aryl methyl sites for hydroxylation is 3. The van der Waals surface area contributed by atoms with Crippen molar-refractivity contribution in [3.63, 3.8) is 0 Å². The Hall–Kier alpha value is -1.91. The largest absolute Gasteiger partial charge is 0.384 e. The first-order valence-corrected chi connectivity index (χ1v) is 6.30. The molecule has 2 aromatic rings. The van der Waals surface area contributed by atoms with Crippen LogP contribution in [0.5, 0.6) is 0 Å². The van der Waals surface area contributed by atoms with Gasteiger partial charge in [0, 0.05) is 25.0 Å². The van der Waals surface area contributed by atoms with Crippen LogP contribution in [0, 0.1) is 0 Å². The van der Waals surface area contributed by atoms with Crippen molar-refractivity contribution in [3.8, 4) is 11.4 Å². The van der Waals surface area contributed by atoms with Crippen LogP contribution in [0.2, 0.25) is 0 Å². The molecule has 0 fully saturated rings. The van der Waals surface area contributed by atoms with E-state index in [2.05, 4.69) is 28.9 Å². The van der Waals surface area contributed by atoms with Gasteiger partial charge >= 0.3 is 0 Å². The van der Waals surface area contributed by atoms with Crippen molar-refractivity contribution >= 4 is 5.82 Å². The SMILES string of the molecule is CCCc1cc(N)nc(-c2cn(C)nc2CC)n1. The molecule has 0 amide bonds. The van der Waals surface area contributed by atoms with E-state index in [1.165, 1.54) is 0 Å². The minimum Gasteiger partial charge on any atom is -0.384 e. The lowest BCUT2D eigenvalue weighted by Crippen LogP contribution is -2.01. The Morgan fingerprint density at radius 1 is 1.28 bits per heavy atom. The van der Waals surface area contributed by atoms with E-state index in [9.17, 15) is 0 Å². The normalized spacial score (nSPS) is 10.8. The number of hydrogen-bond donors (Lipinski definition) is 1. The van der Waals surface area contributed by atoms with Gasteiger partial charge in [-0.25, -0.2) is 9.97 Å². The molecule has 2 aromatic heterocycles. The number of nitrogens with zero attached hydrogens (tertiary/aromatic N) is 4. The van der Waals surface area contributed by atoms with E-state index in [-0.39, 0.29) is 0 Å². The molecule has 2 heterocycles. The summed E-state index contributed by atoms with van der Waals surface area (Å²) in [6.45, 7) is 4.20. The summed E-state index contributed by atoms with van der Waals surface area (Å²) in [5.74, 6) is 1.21. The summed E-state index contributed by atoms with van der Waals surface area (Å²) < 4.78 is 1.79. The van der Waals surface area contributed by atoms with Gasteiger partial charge in [-0.05, 0) is 12.8 Å². The zero-order valence-corrected chi connectivity index (χ0v) is 11.1. The third kappa shape index (κ3) is 2.50. The minimum absolute atomic E-state index is 0.523. The van der Waals surface area contributed by atoms with Crippen LogP contribution in [0.15, 0.2) is 12.3 Å². The summed E-state index contributed by atoms with van der Waals surface area (Å²) in [6.07, 6.45) is 4.77. The van der Waals surface area contributed by atoms with Crippen LogP contribution in [0.25, 0.3) is 11.4 Å². The second-order valence-electron chi connectivity index (χ2n) is 4.37. The lowest BCUT2D eigenvalue weighted by atomic mass is 10.2. The summed E-state index contributed by atoms with van der Waals surface area (Å²) >= 11 is 0. The molecule has 0 atom stereocenters. The first kappa shape index (κ1) is 12.5. The number of aromatic nitrogens is 4. The predicted octanol–water partition coefficient (Wildman–Crippen LogP) is 1.97. The summed E-state index contributed by atoms with van der Waals surface area (Å²) in [4.78, 5) is 8.89. The Labute approximate surface area is 107 Å². The van der Waals surface area contributed by atoms with Gasteiger partial charge in [0.05, 0.1) is 11.3 Å². The van der Waals surface area contributed by atoms with E-state index >= 15 is 0 Å². The molecule has 0 aliphatic heterocycles. The molecule has 5 heteroatoms. The van der Waals surface area contributed by atoms with Gasteiger partial charge in [0.15, 0.2) is 5.82 Å². The van der Waals surface area contributed by atoms with Crippen LogP contribution in [0.1, 0.15) is 31.7 Å². The van der Waals surface area contributed by atoms with Crippen molar-refractivity contribution in [1.82, 2.24) is 19.7 Å². The molecule has 0 spiro atoms. The maximum Gasteiger partial charge on any atom is 0.165 e. The third-order valence-electron chi connectivity index (χ3n) is 2.79. The molecular formula is C13H19N5. The van der Waals surface area contributed by atoms with Gasteiger partial charge in [-0.3, -0.25) is 4.68 Å². The number of nitrogen functional groups attached to an aromatic ring is 1. The Morgan fingerprint density at radius 2 is 2.06 bits per heavy atom. The summed E-state index contributed by atoms with van der Waals surface area (Å²) in [7, 11) is 1.90. The van der Waals surface area contributed by atoms with E-state index in [1.807, 2.05) is 19.3 Å². The molecule has 2 N–H and O–H groups in total. The van der Waals surface area contributed by atoms with Gasteiger partial charge < -0.3 is 5.73 Å². The average molecular weight is 245 g/mol. The van der Waals surface area contributed by atoms with E-state index in [0.29, 0.717) is 11.6 Å². The monoisotopic (exact) mass is 245 g/mol. The number of nitrogens with two attached hydrogens (primary N) is 1. The standard InChI is InChI=1S/C13H19N5/c1-4-6-9-7-12(14)16-13(15-9)10-8-18(3)17-11(10)5-2/h7-8H,4-6H2,1-3H3,(H2,14,15,16). The van der Waals surface area contributed by atoms with Crippen molar-refractivity contribution in [2.75, 3.05) is 5.73 Å². The number of hydrogen-bond acceptors (Lipinski definition) is 4. The van der Waals surface area contributed by atoms with Crippen LogP contribution in [0.3, 0.4) is 0 Å². The highest BCUT2D eigenvalue weighted by Crippen LogP contribution is 2.21. The van der Waals surface area contributed by atoms with Gasteiger partial charge in [0.25, 0.3) is 0 Å². The molecule has 0 saturated heterocycles. The maximum atomic E-state index is 5.85. The Balaban J connectivity index is 2.48. The molecule has 18 heavy (non-hydrogen) atoms. The summed E-state index contributed by atoms with van der Waals surface area (Å²) in [5, 5.41) is 4.41. The highest BCUT2D eigenvalue weighted by Gasteiger charge is 2.12. The van der Waals surface area contributed by atoms with Crippen LogP contribution in [-0.4, -0.2) is 19.7 Å². The Morgan fingerprint density at radius 3 is 2.72 bits per heavy atom. The summed E-state index contributed by atoms with van der Waals surface area (Å²) in [6, 6.07) is 1.84. The van der Waals surface area contributed by atoms with E-state index in [1.54, 1.807) is 4.68 Å². The smallest absolute Gasteiger partial charge is 0.165 e. The average Bonchev–Trinajstić information content (AvgIpc) is 2.70. The van der Waals surface area contributed by atoms with Gasteiger partial charge in [0.1, 0.15) is 5.82 Å². The second kappa shape index (κ2) is 5.16. The predicted molar refractivity (Wildman–Crippen MR) is 72.0 cm³/mol. The fourth-order valence-electron chi connectivity index (χ4n) is 2.01. The molecule has 0 radical (unpaired) electrons. The van der Waals surface area contributed by atoms with E-state index < -0.39 is 0 Å². The fourth-order valence-corrected chi connectivity index (χ4v) is 2.01. The summed E-state index contributed by atoms with van der Waals surface area (Å²) in [5.41, 5.74) is 8.82. The van der Waals surface area contributed by atoms with Gasteiger partial charge in [-0.2, -0.15) is 5.10 Å². The van der Waals surface area contributed by atoms with Crippen molar-refractivity contribution < 1.29 is 0 Å². The molecule has 0 aliphatic carbocycles. The van der Waals surface area contributed by atoms with E-state index in [0.717, 1.165) is 36.2 Å². The van der Waals surface area contributed by atoms with Gasteiger partial charge in [-0.1, -0.05) is 20.3 Å². The lowest BCUT2D eigenvalue weighted by molar-refractivity contribution is 0.746. The van der Waals surface area contributed by atoms with Crippen LogP contribution < -0.4 is 5.73 Å². The Kier molecular flexibility index (Phi) is 3.60. The lowest BCUT2D eigenvalue weighted by Gasteiger charge is -2.04. The molecule has 0 unspecified atom stereocenters. The van der Waals surface area contributed by atoms with Crippen LogP contribution in [0.4, 0.5) is 5.82 Å². The van der Waals surface area contributed by atoms with Crippen LogP contribution in [-0.2, 0) is 19.9 Å². The zero-order valence-electron chi connectivity index (χ0n) is 11.1. The molecule has 5 nitrogen and oxygen atoms in total. The highest BCUT2D eigenvalue weighted by atomic mass is 15.3. The number of rotatable bonds is 4. The van der Waals surface area contributed by atoms with Crippen LogP contribution >= 0.6 is 0 Å². The van der Waals surface area contributed by atoms with Gasteiger partial charge in [0.2, 0.25) is 0 Å². The van der Waals surface area contributed by atoms with Crippen molar-refractivity contribution in [1.29, 1.82) is 0 Å². The highest BCUT2D eigenvalue weighted by molar-refractivity contribution is 5.59. The molecular weight excluding hydrogens is 226 g/mol. The molecule has 0 aromatic carbocycles. The topological polar surface area (TPSA) is 69.6 Å². The quantitative estimate of drug-likeness (QED) is 0.894. The zero-order chi connectivity index (χ0) is 13.1. The van der Waals surface area contributed by atoms with Gasteiger partial charge in [-0.15, -0.1) is 0 Å². The molecule has 0 bridgehead atoms. The Bertz CT molecular complexity index is 544. The molecule has 2 rings (SSSR count). The van der Waals surface area contributed by atoms with Crippen molar-refractivity contribution in [3.05, 3.63) is 23.7 Å². The first-order chi connectivity index (χ1) is 8.63. The maximum absolute atomic E-state index is 5.85. The minimum atomic E-state index is 0.523. The first-order valence-electron chi connectivity index (χ1n) is 6.30.